The van der Waals surface area contributed by atoms with E-state index in [9.17, 15) is 9.59 Å². The number of aliphatic imine (C=N–C) groups is 1. The molecule has 2 aromatic carbocycles. The molecule has 2 heterocycles. The molecule has 36 heavy (non-hydrogen) atoms. The Morgan fingerprint density at radius 3 is 2.58 bits per heavy atom. The number of carbonyl (C=O) groups excluding carboxylic acids is 2. The molecule has 2 aliphatic heterocycles. The molecule has 0 aromatic heterocycles. The van der Waals surface area contributed by atoms with Crippen LogP contribution in [0.15, 0.2) is 75.9 Å². The number of hydrogen-bond acceptors (Lipinski definition) is 8. The molecule has 1 unspecified atom stereocenters. The standard InChI is InChI=1S/C27H29N3O5S/c1-5-28-23(31)13-19-16-36-27-29-17(2)24(26(32)35-15-18-9-7-6-8-10-18)25(30(19)27)21-14-20(33-3)11-12-22(21)34-4/h6-12,14,16,25H,5,13,15H2,1-4H3,(H,28,31). The number of fused-ring (bicyclic) bond motifs is 1. The molecule has 0 saturated heterocycles. The van der Waals surface area contributed by atoms with Crippen LogP contribution >= 0.6 is 11.8 Å². The third kappa shape index (κ3) is 5.26. The van der Waals surface area contributed by atoms with Crippen LogP contribution in [-0.4, -0.2) is 42.7 Å². The van der Waals surface area contributed by atoms with Crippen molar-refractivity contribution < 1.29 is 23.8 Å². The fourth-order valence-electron chi connectivity index (χ4n) is 4.20. The second-order valence-electron chi connectivity index (χ2n) is 8.19. The summed E-state index contributed by atoms with van der Waals surface area (Å²) in [6.45, 7) is 4.33. The maximum atomic E-state index is 13.6. The quantitative estimate of drug-likeness (QED) is 0.498. The Morgan fingerprint density at radius 1 is 1.11 bits per heavy atom. The van der Waals surface area contributed by atoms with E-state index in [1.54, 1.807) is 33.3 Å². The highest BCUT2D eigenvalue weighted by molar-refractivity contribution is 8.16. The number of nitrogens with one attached hydrogen (secondary N) is 1. The molecule has 0 fully saturated rings. The SMILES string of the molecule is CCNC(=O)CC1=CSC2=NC(C)=C(C(=O)OCc3ccccc3)C(c3cc(OC)ccc3OC)N12. The van der Waals surface area contributed by atoms with Gasteiger partial charge in [-0.1, -0.05) is 42.1 Å². The van der Waals surface area contributed by atoms with Crippen molar-refractivity contribution in [1.29, 1.82) is 0 Å². The second kappa shape index (κ2) is 11.3. The molecule has 0 spiro atoms. The van der Waals surface area contributed by atoms with Gasteiger partial charge in [-0.25, -0.2) is 9.79 Å². The number of hydrogen-bond donors (Lipinski definition) is 1. The van der Waals surface area contributed by atoms with Crippen molar-refractivity contribution in [3.8, 4) is 11.5 Å². The zero-order valence-electron chi connectivity index (χ0n) is 20.7. The van der Waals surface area contributed by atoms with Gasteiger partial charge in [-0.15, -0.1) is 0 Å². The molecule has 1 amide bonds. The summed E-state index contributed by atoms with van der Waals surface area (Å²) in [7, 11) is 3.17. The third-order valence-electron chi connectivity index (χ3n) is 5.88. The predicted octanol–water partition coefficient (Wildman–Crippen LogP) is 4.55. The van der Waals surface area contributed by atoms with Crippen molar-refractivity contribution in [3.63, 3.8) is 0 Å². The molecular formula is C27H29N3O5S. The van der Waals surface area contributed by atoms with E-state index in [1.807, 2.05) is 53.6 Å². The summed E-state index contributed by atoms with van der Waals surface area (Å²) in [4.78, 5) is 32.7. The van der Waals surface area contributed by atoms with Gasteiger partial charge in [-0.05, 0) is 43.0 Å². The Bertz CT molecular complexity index is 1240. The average Bonchev–Trinajstić information content (AvgIpc) is 3.28. The molecule has 188 valence electrons. The van der Waals surface area contributed by atoms with Crippen LogP contribution in [0.2, 0.25) is 0 Å². The molecule has 4 rings (SSSR count). The highest BCUT2D eigenvalue weighted by Gasteiger charge is 2.42. The lowest BCUT2D eigenvalue weighted by atomic mass is 9.92. The summed E-state index contributed by atoms with van der Waals surface area (Å²) in [6, 6.07) is 14.3. The first kappa shape index (κ1) is 25.4. The van der Waals surface area contributed by atoms with Crippen molar-refractivity contribution >= 4 is 28.8 Å². The first-order valence-electron chi connectivity index (χ1n) is 11.6. The summed E-state index contributed by atoms with van der Waals surface area (Å²) >= 11 is 1.42. The number of ether oxygens (including phenoxy) is 3. The van der Waals surface area contributed by atoms with Crippen LogP contribution in [0.1, 0.15) is 37.4 Å². The Balaban J connectivity index is 1.77. The number of carbonyl (C=O) groups is 2. The van der Waals surface area contributed by atoms with Crippen molar-refractivity contribution in [3.05, 3.63) is 82.0 Å². The number of benzene rings is 2. The summed E-state index contributed by atoms with van der Waals surface area (Å²) in [6.07, 6.45) is 0.147. The fourth-order valence-corrected chi connectivity index (χ4v) is 5.17. The first-order valence-corrected chi connectivity index (χ1v) is 12.5. The maximum absolute atomic E-state index is 13.6. The number of esters is 1. The van der Waals surface area contributed by atoms with Crippen LogP contribution in [-0.2, 0) is 20.9 Å². The predicted molar refractivity (Wildman–Crippen MR) is 139 cm³/mol. The summed E-state index contributed by atoms with van der Waals surface area (Å²) in [5, 5.41) is 5.42. The highest BCUT2D eigenvalue weighted by Crippen LogP contribution is 2.47. The number of nitrogens with zero attached hydrogens (tertiary/aromatic N) is 2. The maximum Gasteiger partial charge on any atom is 0.338 e. The van der Waals surface area contributed by atoms with Crippen molar-refractivity contribution in [2.24, 2.45) is 4.99 Å². The van der Waals surface area contributed by atoms with Crippen LogP contribution in [0.25, 0.3) is 0 Å². The third-order valence-corrected chi connectivity index (χ3v) is 6.77. The summed E-state index contributed by atoms with van der Waals surface area (Å²) < 4.78 is 16.9. The molecule has 0 aliphatic carbocycles. The lowest BCUT2D eigenvalue weighted by Gasteiger charge is -2.36. The normalized spacial score (nSPS) is 16.7. The highest BCUT2D eigenvalue weighted by atomic mass is 32.2. The lowest BCUT2D eigenvalue weighted by Crippen LogP contribution is -2.38. The van der Waals surface area contributed by atoms with Gasteiger partial charge in [0.25, 0.3) is 0 Å². The average molecular weight is 508 g/mol. The van der Waals surface area contributed by atoms with Gasteiger partial charge in [0.2, 0.25) is 5.91 Å². The van der Waals surface area contributed by atoms with E-state index in [4.69, 9.17) is 19.2 Å². The molecule has 0 radical (unpaired) electrons. The largest absolute Gasteiger partial charge is 0.497 e. The zero-order chi connectivity index (χ0) is 25.7. The minimum absolute atomic E-state index is 0.110. The smallest absolute Gasteiger partial charge is 0.338 e. The van der Waals surface area contributed by atoms with Gasteiger partial charge in [-0.3, -0.25) is 4.79 Å². The van der Waals surface area contributed by atoms with Gasteiger partial charge in [0.05, 0.1) is 38.0 Å². The van der Waals surface area contributed by atoms with E-state index < -0.39 is 12.0 Å². The van der Waals surface area contributed by atoms with Gasteiger partial charge >= 0.3 is 5.97 Å². The van der Waals surface area contributed by atoms with E-state index in [0.29, 0.717) is 40.0 Å². The van der Waals surface area contributed by atoms with E-state index in [2.05, 4.69) is 5.32 Å². The molecular weight excluding hydrogens is 478 g/mol. The van der Waals surface area contributed by atoms with E-state index >= 15 is 0 Å². The number of methoxy groups -OCH3 is 2. The fraction of sp³-hybridized carbons (Fsp3) is 0.296. The van der Waals surface area contributed by atoms with Gasteiger partial charge in [-0.2, -0.15) is 0 Å². The van der Waals surface area contributed by atoms with Crippen molar-refractivity contribution in [1.82, 2.24) is 10.2 Å². The van der Waals surface area contributed by atoms with Crippen LogP contribution in [0.5, 0.6) is 11.5 Å². The number of amides is 1. The minimum Gasteiger partial charge on any atom is -0.497 e. The van der Waals surface area contributed by atoms with Crippen molar-refractivity contribution in [2.45, 2.75) is 32.9 Å². The molecule has 9 heteroatoms. The number of thioether (sulfide) groups is 1. The first-order chi connectivity index (χ1) is 17.5. The lowest BCUT2D eigenvalue weighted by molar-refractivity contribution is -0.141. The van der Waals surface area contributed by atoms with Gasteiger partial charge in [0.1, 0.15) is 18.1 Å². The van der Waals surface area contributed by atoms with Crippen LogP contribution < -0.4 is 14.8 Å². The van der Waals surface area contributed by atoms with Gasteiger partial charge < -0.3 is 24.4 Å². The van der Waals surface area contributed by atoms with Crippen molar-refractivity contribution in [2.75, 3.05) is 20.8 Å². The van der Waals surface area contributed by atoms with Crippen LogP contribution in [0.3, 0.4) is 0 Å². The Labute approximate surface area is 215 Å². The molecule has 0 bridgehead atoms. The number of rotatable bonds is 9. The molecule has 1 N–H and O–H groups in total. The molecule has 1 atom stereocenters. The van der Waals surface area contributed by atoms with Crippen LogP contribution in [0, 0.1) is 0 Å². The Hall–Kier alpha value is -3.72. The second-order valence-corrected chi connectivity index (χ2v) is 9.03. The molecule has 2 aliphatic rings. The Morgan fingerprint density at radius 2 is 1.89 bits per heavy atom. The monoisotopic (exact) mass is 507 g/mol. The summed E-state index contributed by atoms with van der Waals surface area (Å²) in [5.41, 5.74) is 3.26. The van der Waals surface area contributed by atoms with E-state index in [-0.39, 0.29) is 18.9 Å². The molecule has 2 aromatic rings. The van der Waals surface area contributed by atoms with Crippen LogP contribution in [0.4, 0.5) is 0 Å². The number of amidine groups is 1. The summed E-state index contributed by atoms with van der Waals surface area (Å²) in [5.74, 6) is 0.604. The Kier molecular flexibility index (Phi) is 8.00. The molecule has 8 nitrogen and oxygen atoms in total. The van der Waals surface area contributed by atoms with Gasteiger partial charge in [0.15, 0.2) is 5.17 Å². The molecule has 0 saturated carbocycles. The number of allylic oxidation sites excluding steroid dienone is 1. The van der Waals surface area contributed by atoms with E-state index in [0.717, 1.165) is 11.3 Å². The van der Waals surface area contributed by atoms with E-state index in [1.165, 1.54) is 11.8 Å². The minimum atomic E-state index is -0.624. The topological polar surface area (TPSA) is 89.5 Å². The zero-order valence-corrected chi connectivity index (χ0v) is 21.6. The van der Waals surface area contributed by atoms with Gasteiger partial charge in [0, 0.05) is 17.8 Å².